The van der Waals surface area contributed by atoms with Gasteiger partial charge in [0.1, 0.15) is 0 Å². The van der Waals surface area contributed by atoms with Crippen molar-refractivity contribution in [1.82, 2.24) is 9.80 Å². The van der Waals surface area contributed by atoms with Crippen LogP contribution in [0.1, 0.15) is 26.2 Å². The number of piperidine rings is 1. The predicted molar refractivity (Wildman–Crippen MR) is 62.7 cm³/mol. The standard InChI is InChI=1S/C12H21N3O/c1-11-4-8-15(9-5-11)12(16)10-14(2)7-3-6-13/h11H,3-5,7-10H2,1-2H3. The molecule has 1 saturated heterocycles. The molecule has 0 spiro atoms. The van der Waals surface area contributed by atoms with E-state index in [1.807, 2.05) is 16.8 Å². The molecule has 0 saturated carbocycles. The lowest BCUT2D eigenvalue weighted by atomic mass is 9.99. The molecule has 0 aromatic carbocycles. The van der Waals surface area contributed by atoms with Gasteiger partial charge in [-0.25, -0.2) is 0 Å². The van der Waals surface area contributed by atoms with Crippen LogP contribution in [0.5, 0.6) is 0 Å². The van der Waals surface area contributed by atoms with E-state index in [9.17, 15) is 4.79 Å². The predicted octanol–water partition coefficient (Wildman–Crippen LogP) is 1.09. The molecule has 1 aliphatic heterocycles. The Morgan fingerprint density at radius 3 is 2.69 bits per heavy atom. The van der Waals surface area contributed by atoms with E-state index in [0.717, 1.165) is 31.8 Å². The van der Waals surface area contributed by atoms with Gasteiger partial charge in [-0.1, -0.05) is 6.92 Å². The van der Waals surface area contributed by atoms with Crippen LogP contribution in [0.2, 0.25) is 0 Å². The van der Waals surface area contributed by atoms with Crippen LogP contribution in [0.4, 0.5) is 0 Å². The average molecular weight is 223 g/mol. The highest BCUT2D eigenvalue weighted by Gasteiger charge is 2.20. The number of hydrogen-bond donors (Lipinski definition) is 0. The largest absolute Gasteiger partial charge is 0.342 e. The molecule has 1 fully saturated rings. The number of amides is 1. The Labute approximate surface area is 97.8 Å². The van der Waals surface area contributed by atoms with Crippen LogP contribution in [-0.4, -0.2) is 48.9 Å². The van der Waals surface area contributed by atoms with Gasteiger partial charge in [-0.05, 0) is 25.8 Å². The molecular weight excluding hydrogens is 202 g/mol. The molecule has 1 rings (SSSR count). The first kappa shape index (κ1) is 13.0. The van der Waals surface area contributed by atoms with E-state index in [4.69, 9.17) is 5.26 Å². The van der Waals surface area contributed by atoms with E-state index in [1.165, 1.54) is 0 Å². The van der Waals surface area contributed by atoms with Crippen LogP contribution in [0, 0.1) is 17.2 Å². The molecule has 4 heteroatoms. The van der Waals surface area contributed by atoms with Gasteiger partial charge < -0.3 is 4.90 Å². The zero-order valence-corrected chi connectivity index (χ0v) is 10.3. The van der Waals surface area contributed by atoms with Crippen molar-refractivity contribution in [3.05, 3.63) is 0 Å². The van der Waals surface area contributed by atoms with Gasteiger partial charge in [0.25, 0.3) is 0 Å². The van der Waals surface area contributed by atoms with Crippen molar-refractivity contribution in [3.8, 4) is 6.07 Å². The smallest absolute Gasteiger partial charge is 0.236 e. The third-order valence-corrected chi connectivity index (χ3v) is 3.15. The van der Waals surface area contributed by atoms with Crippen molar-refractivity contribution >= 4 is 5.91 Å². The third kappa shape index (κ3) is 4.19. The number of likely N-dealkylation sites (N-methyl/N-ethyl adjacent to an activating group) is 1. The first-order chi connectivity index (χ1) is 7.63. The van der Waals surface area contributed by atoms with Crippen LogP contribution in [0.25, 0.3) is 0 Å². The molecule has 0 aromatic rings. The first-order valence-corrected chi connectivity index (χ1v) is 5.96. The number of nitriles is 1. The van der Waals surface area contributed by atoms with Crippen molar-refractivity contribution < 1.29 is 4.79 Å². The van der Waals surface area contributed by atoms with Gasteiger partial charge >= 0.3 is 0 Å². The summed E-state index contributed by atoms with van der Waals surface area (Å²) in [7, 11) is 1.89. The number of carbonyl (C=O) groups excluding carboxylic acids is 1. The molecule has 4 nitrogen and oxygen atoms in total. The molecule has 0 unspecified atom stereocenters. The second kappa shape index (κ2) is 6.49. The Morgan fingerprint density at radius 2 is 2.12 bits per heavy atom. The number of carbonyl (C=O) groups is 1. The van der Waals surface area contributed by atoms with Gasteiger partial charge in [0.15, 0.2) is 0 Å². The van der Waals surface area contributed by atoms with Crippen molar-refractivity contribution in [3.63, 3.8) is 0 Å². The number of rotatable bonds is 4. The Hall–Kier alpha value is -1.08. The highest BCUT2D eigenvalue weighted by atomic mass is 16.2. The summed E-state index contributed by atoms with van der Waals surface area (Å²) in [6.07, 6.45) is 2.72. The fraction of sp³-hybridized carbons (Fsp3) is 0.833. The summed E-state index contributed by atoms with van der Waals surface area (Å²) in [4.78, 5) is 15.7. The van der Waals surface area contributed by atoms with E-state index >= 15 is 0 Å². The van der Waals surface area contributed by atoms with E-state index in [2.05, 4.69) is 13.0 Å². The molecule has 0 N–H and O–H groups in total. The van der Waals surface area contributed by atoms with Gasteiger partial charge in [0, 0.05) is 26.1 Å². The second-order valence-electron chi connectivity index (χ2n) is 4.71. The van der Waals surface area contributed by atoms with Gasteiger partial charge in [-0.3, -0.25) is 9.69 Å². The summed E-state index contributed by atoms with van der Waals surface area (Å²) in [6.45, 7) is 5.14. The fourth-order valence-electron chi connectivity index (χ4n) is 1.91. The van der Waals surface area contributed by atoms with Crippen molar-refractivity contribution in [2.24, 2.45) is 5.92 Å². The maximum Gasteiger partial charge on any atom is 0.236 e. The number of hydrogen-bond acceptors (Lipinski definition) is 3. The molecule has 0 aromatic heterocycles. The number of likely N-dealkylation sites (tertiary alicyclic amines) is 1. The Bertz CT molecular complexity index is 264. The van der Waals surface area contributed by atoms with Crippen LogP contribution in [-0.2, 0) is 4.79 Å². The normalized spacial score (nSPS) is 17.5. The minimum atomic E-state index is 0.201. The quantitative estimate of drug-likeness (QED) is 0.717. The summed E-state index contributed by atoms with van der Waals surface area (Å²) < 4.78 is 0. The SMILES string of the molecule is CC1CCN(C(=O)CN(C)CCC#N)CC1. The molecule has 1 amide bonds. The van der Waals surface area contributed by atoms with Crippen molar-refractivity contribution in [2.45, 2.75) is 26.2 Å². The van der Waals surface area contributed by atoms with Crippen LogP contribution >= 0.6 is 0 Å². The van der Waals surface area contributed by atoms with E-state index in [0.29, 0.717) is 19.5 Å². The monoisotopic (exact) mass is 223 g/mol. The zero-order chi connectivity index (χ0) is 12.0. The van der Waals surface area contributed by atoms with Crippen LogP contribution in [0.15, 0.2) is 0 Å². The third-order valence-electron chi connectivity index (χ3n) is 3.15. The highest BCUT2D eigenvalue weighted by molar-refractivity contribution is 5.78. The topological polar surface area (TPSA) is 47.3 Å². The Balaban J connectivity index is 2.27. The average Bonchev–Trinajstić information content (AvgIpc) is 2.27. The minimum Gasteiger partial charge on any atom is -0.342 e. The lowest BCUT2D eigenvalue weighted by Crippen LogP contribution is -2.43. The lowest BCUT2D eigenvalue weighted by Gasteiger charge is -2.31. The molecule has 1 heterocycles. The second-order valence-corrected chi connectivity index (χ2v) is 4.71. The van der Waals surface area contributed by atoms with Gasteiger partial charge in [-0.2, -0.15) is 5.26 Å². The maximum atomic E-state index is 11.9. The first-order valence-electron chi connectivity index (χ1n) is 5.96. The fourth-order valence-corrected chi connectivity index (χ4v) is 1.91. The van der Waals surface area contributed by atoms with Gasteiger partial charge in [0.05, 0.1) is 12.6 Å². The van der Waals surface area contributed by atoms with Crippen LogP contribution < -0.4 is 0 Å². The Morgan fingerprint density at radius 1 is 1.50 bits per heavy atom. The summed E-state index contributed by atoms with van der Waals surface area (Å²) in [5.41, 5.74) is 0. The molecule has 16 heavy (non-hydrogen) atoms. The van der Waals surface area contributed by atoms with Gasteiger partial charge in [0.2, 0.25) is 5.91 Å². The molecule has 1 aliphatic rings. The maximum absolute atomic E-state index is 11.9. The highest BCUT2D eigenvalue weighted by Crippen LogP contribution is 2.15. The lowest BCUT2D eigenvalue weighted by molar-refractivity contribution is -0.133. The van der Waals surface area contributed by atoms with E-state index < -0.39 is 0 Å². The minimum absolute atomic E-state index is 0.201. The summed E-state index contributed by atoms with van der Waals surface area (Å²) in [6, 6.07) is 2.09. The molecular formula is C12H21N3O. The molecule has 0 bridgehead atoms. The molecule has 0 radical (unpaired) electrons. The molecule has 90 valence electrons. The van der Waals surface area contributed by atoms with Crippen molar-refractivity contribution in [1.29, 1.82) is 5.26 Å². The summed E-state index contributed by atoms with van der Waals surface area (Å²) >= 11 is 0. The zero-order valence-electron chi connectivity index (χ0n) is 10.3. The van der Waals surface area contributed by atoms with E-state index in [-0.39, 0.29) is 5.91 Å². The number of nitrogens with zero attached hydrogens (tertiary/aromatic N) is 3. The molecule has 0 atom stereocenters. The van der Waals surface area contributed by atoms with Crippen LogP contribution in [0.3, 0.4) is 0 Å². The summed E-state index contributed by atoms with van der Waals surface area (Å²) in [5, 5.41) is 8.46. The van der Waals surface area contributed by atoms with E-state index in [1.54, 1.807) is 0 Å². The summed E-state index contributed by atoms with van der Waals surface area (Å²) in [5.74, 6) is 0.952. The van der Waals surface area contributed by atoms with Gasteiger partial charge in [-0.15, -0.1) is 0 Å². The molecule has 0 aliphatic carbocycles. The Kier molecular flexibility index (Phi) is 5.27. The van der Waals surface area contributed by atoms with Crippen molar-refractivity contribution in [2.75, 3.05) is 33.2 Å².